The second kappa shape index (κ2) is 7.68. The Morgan fingerprint density at radius 3 is 2.27 bits per heavy atom. The summed E-state index contributed by atoms with van der Waals surface area (Å²) in [6, 6.07) is 16.1. The van der Waals surface area contributed by atoms with Gasteiger partial charge in [-0.3, -0.25) is 9.59 Å². The van der Waals surface area contributed by atoms with Gasteiger partial charge in [-0.1, -0.05) is 30.3 Å². The molecule has 6 nitrogen and oxygen atoms in total. The number of nitrogens with one attached hydrogen (secondary N) is 1. The summed E-state index contributed by atoms with van der Waals surface area (Å²) in [5, 5.41) is 2.82. The molecule has 1 unspecified atom stereocenters. The van der Waals surface area contributed by atoms with Gasteiger partial charge in [-0.2, -0.15) is 0 Å². The molecule has 1 fully saturated rings. The van der Waals surface area contributed by atoms with Crippen molar-refractivity contribution in [2.45, 2.75) is 12.5 Å². The lowest BCUT2D eigenvalue weighted by Crippen LogP contribution is -2.45. The molecule has 0 radical (unpaired) electrons. The first-order valence-corrected chi connectivity index (χ1v) is 8.61. The predicted molar refractivity (Wildman–Crippen MR) is 99.8 cm³/mol. The van der Waals surface area contributed by atoms with E-state index in [1.807, 2.05) is 30.3 Å². The number of nitrogens with zero attached hydrogens (tertiary/aromatic N) is 1. The maximum absolute atomic E-state index is 12.6. The van der Waals surface area contributed by atoms with Gasteiger partial charge in [-0.15, -0.1) is 0 Å². The van der Waals surface area contributed by atoms with Crippen LogP contribution in [-0.2, 0) is 15.1 Å². The smallest absolute Gasteiger partial charge is 0.254 e. The standard InChI is InChI=1S/C20H23N3O3/c1-20(21,16-5-3-2-4-6-16)19(25)22-17-9-7-15(8-10-17)18(24)23-11-13-26-14-12-23/h2-10H,11-14,21H2,1H3,(H,22,25). The molecule has 0 aromatic heterocycles. The summed E-state index contributed by atoms with van der Waals surface area (Å²) >= 11 is 0. The first-order chi connectivity index (χ1) is 12.5. The van der Waals surface area contributed by atoms with Crippen LogP contribution in [0.3, 0.4) is 0 Å². The summed E-state index contributed by atoms with van der Waals surface area (Å²) < 4.78 is 5.26. The van der Waals surface area contributed by atoms with Crippen LogP contribution in [0, 0.1) is 0 Å². The summed E-state index contributed by atoms with van der Waals surface area (Å²) in [7, 11) is 0. The monoisotopic (exact) mass is 353 g/mol. The first-order valence-electron chi connectivity index (χ1n) is 8.61. The normalized spacial score (nSPS) is 16.6. The van der Waals surface area contributed by atoms with Crippen molar-refractivity contribution < 1.29 is 14.3 Å². The number of rotatable bonds is 4. The van der Waals surface area contributed by atoms with E-state index >= 15 is 0 Å². The van der Waals surface area contributed by atoms with Crippen LogP contribution in [0.15, 0.2) is 54.6 Å². The minimum atomic E-state index is -1.15. The number of amides is 2. The van der Waals surface area contributed by atoms with Gasteiger partial charge in [0.2, 0.25) is 5.91 Å². The zero-order valence-corrected chi connectivity index (χ0v) is 14.8. The van der Waals surface area contributed by atoms with Crippen LogP contribution in [0.25, 0.3) is 0 Å². The van der Waals surface area contributed by atoms with Crippen LogP contribution in [0.5, 0.6) is 0 Å². The number of morpholine rings is 1. The molecule has 2 aromatic carbocycles. The third kappa shape index (κ3) is 3.92. The molecule has 0 bridgehead atoms. The third-order valence-electron chi connectivity index (χ3n) is 4.53. The van der Waals surface area contributed by atoms with Crippen molar-refractivity contribution >= 4 is 17.5 Å². The van der Waals surface area contributed by atoms with Gasteiger partial charge in [0.25, 0.3) is 5.91 Å². The first kappa shape index (κ1) is 18.1. The molecule has 2 aromatic rings. The van der Waals surface area contributed by atoms with Crippen molar-refractivity contribution in [2.75, 3.05) is 31.6 Å². The number of carbonyl (C=O) groups excluding carboxylic acids is 2. The molecule has 0 saturated carbocycles. The fourth-order valence-electron chi connectivity index (χ4n) is 2.82. The SMILES string of the molecule is CC(N)(C(=O)Nc1ccc(C(=O)N2CCOCC2)cc1)c1ccccc1. The molecule has 0 spiro atoms. The van der Waals surface area contributed by atoms with E-state index in [1.165, 1.54) is 0 Å². The molecule has 1 saturated heterocycles. The van der Waals surface area contributed by atoms with Gasteiger partial charge in [0, 0.05) is 24.3 Å². The summed E-state index contributed by atoms with van der Waals surface area (Å²) in [5.41, 5.74) is 6.99. The van der Waals surface area contributed by atoms with Crippen molar-refractivity contribution in [3.8, 4) is 0 Å². The molecule has 1 aliphatic heterocycles. The van der Waals surface area contributed by atoms with Gasteiger partial charge in [-0.25, -0.2) is 0 Å². The highest BCUT2D eigenvalue weighted by molar-refractivity contribution is 5.99. The molecular formula is C20H23N3O3. The van der Waals surface area contributed by atoms with Gasteiger partial charge in [0.1, 0.15) is 5.54 Å². The van der Waals surface area contributed by atoms with Gasteiger partial charge < -0.3 is 20.7 Å². The largest absolute Gasteiger partial charge is 0.378 e. The van der Waals surface area contributed by atoms with Gasteiger partial charge in [-0.05, 0) is 36.8 Å². The van der Waals surface area contributed by atoms with Crippen LogP contribution in [0.2, 0.25) is 0 Å². The molecule has 0 aliphatic carbocycles. The minimum absolute atomic E-state index is 0.0286. The summed E-state index contributed by atoms with van der Waals surface area (Å²) in [6.45, 7) is 4.00. The summed E-state index contributed by atoms with van der Waals surface area (Å²) in [5.74, 6) is -0.338. The lowest BCUT2D eigenvalue weighted by atomic mass is 9.92. The van der Waals surface area contributed by atoms with E-state index in [2.05, 4.69) is 5.32 Å². The minimum Gasteiger partial charge on any atom is -0.378 e. The van der Waals surface area contributed by atoms with E-state index in [9.17, 15) is 9.59 Å². The van der Waals surface area contributed by atoms with E-state index in [1.54, 1.807) is 36.1 Å². The fraction of sp³-hybridized carbons (Fsp3) is 0.300. The highest BCUT2D eigenvalue weighted by Crippen LogP contribution is 2.20. The Kier molecular flexibility index (Phi) is 5.35. The zero-order chi connectivity index (χ0) is 18.6. The number of benzene rings is 2. The Bertz CT molecular complexity index is 767. The highest BCUT2D eigenvalue weighted by atomic mass is 16.5. The zero-order valence-electron chi connectivity index (χ0n) is 14.8. The van der Waals surface area contributed by atoms with E-state index in [4.69, 9.17) is 10.5 Å². The lowest BCUT2D eigenvalue weighted by molar-refractivity contribution is -0.120. The van der Waals surface area contributed by atoms with Crippen molar-refractivity contribution in [2.24, 2.45) is 5.73 Å². The molecule has 3 rings (SSSR count). The van der Waals surface area contributed by atoms with Crippen molar-refractivity contribution in [1.82, 2.24) is 4.90 Å². The molecule has 1 aliphatic rings. The third-order valence-corrected chi connectivity index (χ3v) is 4.53. The molecule has 26 heavy (non-hydrogen) atoms. The van der Waals surface area contributed by atoms with E-state index < -0.39 is 5.54 Å². The highest BCUT2D eigenvalue weighted by Gasteiger charge is 2.30. The van der Waals surface area contributed by atoms with Crippen LogP contribution in [0.1, 0.15) is 22.8 Å². The predicted octanol–water partition coefficient (Wildman–Crippen LogP) is 1.97. The molecular weight excluding hydrogens is 330 g/mol. The number of ether oxygens (including phenoxy) is 1. The van der Waals surface area contributed by atoms with Gasteiger partial charge in [0.05, 0.1) is 13.2 Å². The average molecular weight is 353 g/mol. The number of nitrogens with two attached hydrogens (primary N) is 1. The summed E-state index contributed by atoms with van der Waals surface area (Å²) in [4.78, 5) is 26.8. The molecule has 136 valence electrons. The topological polar surface area (TPSA) is 84.7 Å². The Hall–Kier alpha value is -2.70. The van der Waals surface area contributed by atoms with E-state index in [-0.39, 0.29) is 11.8 Å². The van der Waals surface area contributed by atoms with Crippen LogP contribution in [0.4, 0.5) is 5.69 Å². The van der Waals surface area contributed by atoms with Crippen LogP contribution in [-0.4, -0.2) is 43.0 Å². The van der Waals surface area contributed by atoms with Crippen LogP contribution < -0.4 is 11.1 Å². The van der Waals surface area contributed by atoms with Crippen molar-refractivity contribution in [3.05, 3.63) is 65.7 Å². The second-order valence-corrected chi connectivity index (χ2v) is 6.50. The van der Waals surface area contributed by atoms with Crippen LogP contribution >= 0.6 is 0 Å². The number of carbonyl (C=O) groups is 2. The van der Waals surface area contributed by atoms with Crippen molar-refractivity contribution in [1.29, 1.82) is 0 Å². The molecule has 3 N–H and O–H groups in total. The molecule has 2 amide bonds. The Morgan fingerprint density at radius 1 is 1.04 bits per heavy atom. The van der Waals surface area contributed by atoms with E-state index in [0.29, 0.717) is 37.6 Å². The quantitative estimate of drug-likeness (QED) is 0.880. The second-order valence-electron chi connectivity index (χ2n) is 6.50. The molecule has 6 heteroatoms. The van der Waals surface area contributed by atoms with Crippen molar-refractivity contribution in [3.63, 3.8) is 0 Å². The lowest BCUT2D eigenvalue weighted by Gasteiger charge is -2.27. The molecule has 1 heterocycles. The van der Waals surface area contributed by atoms with E-state index in [0.717, 1.165) is 5.56 Å². The van der Waals surface area contributed by atoms with Gasteiger partial charge >= 0.3 is 0 Å². The fourth-order valence-corrected chi connectivity index (χ4v) is 2.82. The van der Waals surface area contributed by atoms with Gasteiger partial charge in [0.15, 0.2) is 0 Å². The maximum atomic E-state index is 12.6. The maximum Gasteiger partial charge on any atom is 0.254 e. The number of anilines is 1. The number of hydrogen-bond acceptors (Lipinski definition) is 4. The molecule has 1 atom stereocenters. The summed E-state index contributed by atoms with van der Waals surface area (Å²) in [6.07, 6.45) is 0. The average Bonchev–Trinajstić information content (AvgIpc) is 2.69. The Balaban J connectivity index is 1.67. The Labute approximate surface area is 152 Å². The number of hydrogen-bond donors (Lipinski definition) is 2. The Morgan fingerprint density at radius 2 is 1.65 bits per heavy atom.